The van der Waals surface area contributed by atoms with Crippen LogP contribution in [0.5, 0.6) is 0 Å². The van der Waals surface area contributed by atoms with E-state index in [-0.39, 0.29) is 0 Å². The summed E-state index contributed by atoms with van der Waals surface area (Å²) < 4.78 is 0. The van der Waals surface area contributed by atoms with Crippen LogP contribution >= 0.6 is 0 Å². The second kappa shape index (κ2) is 3.25. The maximum Gasteiger partial charge on any atom is 0.235 e. The van der Waals surface area contributed by atoms with Crippen LogP contribution < -0.4 is 0 Å². The van der Waals surface area contributed by atoms with E-state index in [1.807, 2.05) is 0 Å². The third-order valence-corrected chi connectivity index (χ3v) is 0.417. The zero-order valence-corrected chi connectivity index (χ0v) is 3.84. The first kappa shape index (κ1) is 6.05. The van der Waals surface area contributed by atoms with Gasteiger partial charge in [0.1, 0.15) is 6.04 Å². The molecule has 37 valence electrons. The largest absolute Gasteiger partial charge is 0.288 e. The summed E-state index contributed by atoms with van der Waals surface area (Å²) in [7, 11) is 0. The van der Waals surface area contributed by atoms with Gasteiger partial charge in [-0.05, 0) is 6.92 Å². The number of hydrogen-bond donors (Lipinski definition) is 0. The quantitative estimate of drug-likeness (QED) is 0.355. The van der Waals surface area contributed by atoms with Gasteiger partial charge in [-0.2, -0.15) is 4.99 Å². The molecule has 3 heteroatoms. The highest BCUT2D eigenvalue weighted by Crippen LogP contribution is 1.76. The van der Waals surface area contributed by atoms with E-state index in [1.165, 1.54) is 19.3 Å². The molecule has 0 aromatic rings. The smallest absolute Gasteiger partial charge is 0.235 e. The third kappa shape index (κ3) is 2.86. The first-order chi connectivity index (χ1) is 3.31. The van der Waals surface area contributed by atoms with Crippen molar-refractivity contribution in [1.82, 2.24) is 0 Å². The van der Waals surface area contributed by atoms with Crippen LogP contribution in [0.2, 0.25) is 0 Å². The molecule has 0 saturated heterocycles. The van der Waals surface area contributed by atoms with Gasteiger partial charge in [-0.1, -0.05) is 0 Å². The second-order valence-electron chi connectivity index (χ2n) is 1.01. The van der Waals surface area contributed by atoms with Gasteiger partial charge < -0.3 is 0 Å². The summed E-state index contributed by atoms with van der Waals surface area (Å²) in [6.45, 7) is 1.46. The summed E-state index contributed by atoms with van der Waals surface area (Å²) in [5.74, 6) is 0. The fourth-order valence-corrected chi connectivity index (χ4v) is 0.105. The average Bonchev–Trinajstić information content (AvgIpc) is 1.68. The second-order valence-corrected chi connectivity index (χ2v) is 1.01. The summed E-state index contributed by atoms with van der Waals surface area (Å²) in [6.07, 6.45) is 2.72. The van der Waals surface area contributed by atoms with E-state index in [9.17, 15) is 9.59 Å². The Morgan fingerprint density at radius 1 is 1.57 bits per heavy atom. The van der Waals surface area contributed by atoms with Gasteiger partial charge in [0.15, 0.2) is 0 Å². The summed E-state index contributed by atoms with van der Waals surface area (Å²) in [5, 5.41) is 0. The Morgan fingerprint density at radius 2 is 2.14 bits per heavy atom. The lowest BCUT2D eigenvalue weighted by Gasteiger charge is -1.80. The minimum Gasteiger partial charge on any atom is -0.288 e. The molecule has 0 aliphatic heterocycles. The molecule has 0 bridgehead atoms. The highest BCUT2D eigenvalue weighted by molar-refractivity contribution is 5.59. The maximum atomic E-state index is 9.50. The van der Waals surface area contributed by atoms with Crippen LogP contribution in [-0.2, 0) is 9.59 Å². The number of carbonyl (C=O) groups excluding carboxylic acids is 2. The van der Waals surface area contributed by atoms with Crippen LogP contribution in [0.15, 0.2) is 4.99 Å². The molecule has 3 nitrogen and oxygen atoms in total. The first-order valence-corrected chi connectivity index (χ1v) is 1.76. The van der Waals surface area contributed by atoms with Gasteiger partial charge in [0.25, 0.3) is 0 Å². The predicted molar refractivity (Wildman–Crippen MR) is 23.3 cm³/mol. The van der Waals surface area contributed by atoms with Gasteiger partial charge in [-0.25, -0.2) is 4.79 Å². The molecule has 1 atom stereocenters. The van der Waals surface area contributed by atoms with Crippen LogP contribution in [-0.4, -0.2) is 18.4 Å². The van der Waals surface area contributed by atoms with E-state index >= 15 is 0 Å². The number of nitrogens with zero attached hydrogens (tertiary/aromatic N) is 1. The Hall–Kier alpha value is -0.950. The van der Waals surface area contributed by atoms with Crippen molar-refractivity contribution in [2.75, 3.05) is 0 Å². The van der Waals surface area contributed by atoms with E-state index in [0.29, 0.717) is 0 Å². The summed E-state index contributed by atoms with van der Waals surface area (Å²) in [4.78, 5) is 21.8. The molecule has 0 rings (SSSR count). The highest BCUT2D eigenvalue weighted by atomic mass is 16.1. The summed E-state index contributed by atoms with van der Waals surface area (Å²) >= 11 is 0. The highest BCUT2D eigenvalue weighted by Gasteiger charge is 1.91. The lowest BCUT2D eigenvalue weighted by atomic mass is 10.4. The Morgan fingerprint density at radius 3 is 2.29 bits per heavy atom. The minimum atomic E-state index is -0.655. The first-order valence-electron chi connectivity index (χ1n) is 1.76. The van der Waals surface area contributed by atoms with Crippen molar-refractivity contribution in [2.45, 2.75) is 13.0 Å². The Kier molecular flexibility index (Phi) is 2.81. The van der Waals surface area contributed by atoms with Gasteiger partial charge in [0.2, 0.25) is 12.4 Å². The molecular formula is C4H4NO2. The van der Waals surface area contributed by atoms with Crippen molar-refractivity contribution in [2.24, 2.45) is 4.99 Å². The van der Waals surface area contributed by atoms with E-state index in [4.69, 9.17) is 0 Å². The molecule has 1 radical (unpaired) electrons. The van der Waals surface area contributed by atoms with Gasteiger partial charge in [-0.3, -0.25) is 4.79 Å². The van der Waals surface area contributed by atoms with E-state index in [2.05, 4.69) is 4.99 Å². The zero-order chi connectivity index (χ0) is 5.70. The third-order valence-electron chi connectivity index (χ3n) is 0.417. The molecule has 0 saturated carbocycles. The number of aliphatic imine (C=N–C) groups is 1. The van der Waals surface area contributed by atoms with E-state index in [1.54, 1.807) is 0 Å². The number of rotatable bonds is 2. The van der Waals surface area contributed by atoms with Crippen LogP contribution in [0.4, 0.5) is 0 Å². The minimum absolute atomic E-state index is 0.655. The van der Waals surface area contributed by atoms with Crippen molar-refractivity contribution in [3.05, 3.63) is 0 Å². The Bertz CT molecular complexity index is 104. The standard InChI is InChI=1S/C4H4NO2/c1-4(2-6)5-3-7/h4H,1H3/t4-/m1/s1. The number of isocyanates is 1. The predicted octanol–water partition coefficient (Wildman–Crippen LogP) is -0.180. The fourth-order valence-electron chi connectivity index (χ4n) is 0.105. The molecule has 0 N–H and O–H groups in total. The van der Waals surface area contributed by atoms with Crippen molar-refractivity contribution in [1.29, 1.82) is 0 Å². The molecule has 7 heavy (non-hydrogen) atoms. The van der Waals surface area contributed by atoms with E-state index in [0.717, 1.165) is 0 Å². The van der Waals surface area contributed by atoms with Crippen molar-refractivity contribution < 1.29 is 9.59 Å². The molecule has 0 aliphatic rings. The molecule has 0 spiro atoms. The lowest BCUT2D eigenvalue weighted by Crippen LogP contribution is -1.95. The van der Waals surface area contributed by atoms with Crippen molar-refractivity contribution in [3.8, 4) is 0 Å². The topological polar surface area (TPSA) is 46.5 Å². The van der Waals surface area contributed by atoms with Crippen molar-refractivity contribution in [3.63, 3.8) is 0 Å². The average molecular weight is 98.1 g/mol. The fraction of sp³-hybridized carbons (Fsp3) is 0.500. The maximum absolute atomic E-state index is 9.50. The van der Waals surface area contributed by atoms with Gasteiger partial charge in [0.05, 0.1) is 0 Å². The Balaban J connectivity index is 3.56. The van der Waals surface area contributed by atoms with Crippen LogP contribution in [0.3, 0.4) is 0 Å². The van der Waals surface area contributed by atoms with Crippen LogP contribution in [0, 0.1) is 0 Å². The molecule has 0 heterocycles. The van der Waals surface area contributed by atoms with Crippen LogP contribution in [0.1, 0.15) is 6.92 Å². The lowest BCUT2D eigenvalue weighted by molar-refractivity contribution is 0.540. The van der Waals surface area contributed by atoms with Crippen LogP contribution in [0.25, 0.3) is 0 Å². The molecule has 0 aromatic heterocycles. The Labute approximate surface area is 41.1 Å². The van der Waals surface area contributed by atoms with Gasteiger partial charge in [-0.15, -0.1) is 0 Å². The monoisotopic (exact) mass is 98.0 g/mol. The molecule has 0 aromatic carbocycles. The number of hydrogen-bond acceptors (Lipinski definition) is 3. The van der Waals surface area contributed by atoms with Crippen molar-refractivity contribution >= 4 is 12.4 Å². The SMILES string of the molecule is C[C@H]([C]=O)N=C=O. The summed E-state index contributed by atoms with van der Waals surface area (Å²) in [6, 6.07) is -0.655. The molecular weight excluding hydrogens is 94.0 g/mol. The molecule has 0 aliphatic carbocycles. The molecule has 0 amide bonds. The summed E-state index contributed by atoms with van der Waals surface area (Å²) in [5.41, 5.74) is 0. The normalized spacial score (nSPS) is 11.6. The zero-order valence-electron chi connectivity index (χ0n) is 3.84. The molecule has 0 fully saturated rings. The van der Waals surface area contributed by atoms with E-state index < -0.39 is 6.04 Å². The molecule has 0 unspecified atom stereocenters. The van der Waals surface area contributed by atoms with Gasteiger partial charge in [0, 0.05) is 0 Å². The van der Waals surface area contributed by atoms with Gasteiger partial charge >= 0.3 is 0 Å².